The van der Waals surface area contributed by atoms with Gasteiger partial charge in [-0.05, 0) is 39.0 Å². The zero-order valence-corrected chi connectivity index (χ0v) is 16.4. The van der Waals surface area contributed by atoms with Gasteiger partial charge in [0.05, 0.1) is 21.3 Å². The number of carboxylic acids is 1. The number of rotatable bonds is 4. The second-order valence-electron chi connectivity index (χ2n) is 6.51. The molecular weight excluding hydrogens is 374 g/mol. The molecule has 0 saturated carbocycles. The predicted octanol–water partition coefficient (Wildman–Crippen LogP) is 3.98. The summed E-state index contributed by atoms with van der Waals surface area (Å²) >= 11 is 7.56. The SMILES string of the molecule is Cc1nn(-c2ccccc2Cl)c2sc(C(=O)N(C)C(C)(C)C(=O)O)cc12. The van der Waals surface area contributed by atoms with E-state index in [0.29, 0.717) is 9.90 Å². The Kier molecular flexibility index (Phi) is 4.54. The number of halogens is 1. The van der Waals surface area contributed by atoms with Gasteiger partial charge in [0.2, 0.25) is 0 Å². The first-order chi connectivity index (χ1) is 12.1. The number of nitrogens with zero attached hydrogens (tertiary/aromatic N) is 3. The fourth-order valence-corrected chi connectivity index (χ4v) is 3.87. The van der Waals surface area contributed by atoms with Gasteiger partial charge in [-0.15, -0.1) is 11.3 Å². The molecule has 0 unspecified atom stereocenters. The summed E-state index contributed by atoms with van der Waals surface area (Å²) in [4.78, 5) is 26.7. The number of aliphatic carboxylic acids is 1. The van der Waals surface area contributed by atoms with Crippen molar-refractivity contribution in [3.05, 3.63) is 45.9 Å². The molecule has 1 N–H and O–H groups in total. The maximum atomic E-state index is 12.8. The Hall–Kier alpha value is -2.38. The molecule has 0 aliphatic carbocycles. The maximum absolute atomic E-state index is 12.8. The fourth-order valence-electron chi connectivity index (χ4n) is 2.50. The molecule has 3 rings (SSSR count). The van der Waals surface area contributed by atoms with E-state index in [-0.39, 0.29) is 5.91 Å². The van der Waals surface area contributed by atoms with Crippen molar-refractivity contribution in [3.63, 3.8) is 0 Å². The van der Waals surface area contributed by atoms with Gasteiger partial charge in [-0.25, -0.2) is 9.48 Å². The average Bonchev–Trinajstić information content (AvgIpc) is 3.15. The van der Waals surface area contributed by atoms with Crippen molar-refractivity contribution in [1.29, 1.82) is 0 Å². The summed E-state index contributed by atoms with van der Waals surface area (Å²) in [5, 5.41) is 15.3. The van der Waals surface area contributed by atoms with Gasteiger partial charge in [-0.3, -0.25) is 4.79 Å². The minimum atomic E-state index is -1.31. The standard InChI is InChI=1S/C18H18ClN3O3S/c1-10-11-9-14(15(23)21(4)18(2,3)17(24)25)26-16(11)22(20-10)13-8-6-5-7-12(13)19/h5-9H,1-4H3,(H,24,25). The molecule has 0 bridgehead atoms. The van der Waals surface area contributed by atoms with Crippen LogP contribution in [0.15, 0.2) is 30.3 Å². The number of hydrogen-bond donors (Lipinski definition) is 1. The number of carbonyl (C=O) groups is 2. The molecular formula is C18H18ClN3O3S. The largest absolute Gasteiger partial charge is 0.480 e. The Balaban J connectivity index is 2.09. The molecule has 0 atom stereocenters. The predicted molar refractivity (Wildman–Crippen MR) is 103 cm³/mol. The number of amides is 1. The molecule has 0 fully saturated rings. The van der Waals surface area contributed by atoms with Gasteiger partial charge in [0.15, 0.2) is 0 Å². The van der Waals surface area contributed by atoms with Gasteiger partial charge >= 0.3 is 5.97 Å². The van der Waals surface area contributed by atoms with E-state index >= 15 is 0 Å². The molecule has 0 saturated heterocycles. The van der Waals surface area contributed by atoms with Crippen LogP contribution in [0.4, 0.5) is 0 Å². The Morgan fingerprint density at radius 1 is 1.31 bits per heavy atom. The number of benzene rings is 1. The van der Waals surface area contributed by atoms with Gasteiger partial charge in [0.25, 0.3) is 5.91 Å². The summed E-state index contributed by atoms with van der Waals surface area (Å²) < 4.78 is 1.72. The maximum Gasteiger partial charge on any atom is 0.329 e. The number of carbonyl (C=O) groups excluding carboxylic acids is 1. The summed E-state index contributed by atoms with van der Waals surface area (Å²) in [5.74, 6) is -1.41. The Morgan fingerprint density at radius 2 is 1.96 bits per heavy atom. The second-order valence-corrected chi connectivity index (χ2v) is 7.94. The molecule has 0 aliphatic heterocycles. The Bertz CT molecular complexity index is 1020. The van der Waals surface area contributed by atoms with Crippen LogP contribution >= 0.6 is 22.9 Å². The topological polar surface area (TPSA) is 75.4 Å². The van der Waals surface area contributed by atoms with E-state index in [1.807, 2.05) is 25.1 Å². The molecule has 26 heavy (non-hydrogen) atoms. The van der Waals surface area contributed by atoms with E-state index in [1.165, 1.54) is 37.1 Å². The van der Waals surface area contributed by atoms with Crippen LogP contribution in [0.3, 0.4) is 0 Å². The van der Waals surface area contributed by atoms with Crippen LogP contribution in [-0.4, -0.2) is 44.3 Å². The lowest BCUT2D eigenvalue weighted by Crippen LogP contribution is -2.50. The van der Waals surface area contributed by atoms with Crippen molar-refractivity contribution in [2.24, 2.45) is 0 Å². The minimum absolute atomic E-state index is 0.344. The molecule has 3 aromatic rings. The van der Waals surface area contributed by atoms with Gasteiger partial charge in [-0.2, -0.15) is 5.10 Å². The molecule has 136 valence electrons. The summed E-state index contributed by atoms with van der Waals surface area (Å²) in [6.45, 7) is 4.86. The highest BCUT2D eigenvalue weighted by molar-refractivity contribution is 7.20. The van der Waals surface area contributed by atoms with E-state index in [0.717, 1.165) is 21.6 Å². The van der Waals surface area contributed by atoms with E-state index in [2.05, 4.69) is 5.10 Å². The number of para-hydroxylation sites is 1. The molecule has 0 spiro atoms. The van der Waals surface area contributed by atoms with E-state index in [1.54, 1.807) is 16.8 Å². The third-order valence-electron chi connectivity index (χ3n) is 4.50. The molecule has 2 aromatic heterocycles. The summed E-state index contributed by atoms with van der Waals surface area (Å²) in [7, 11) is 1.49. The molecule has 8 heteroatoms. The van der Waals surface area contributed by atoms with Crippen molar-refractivity contribution in [3.8, 4) is 5.69 Å². The molecule has 1 aromatic carbocycles. The van der Waals surface area contributed by atoms with Crippen LogP contribution in [0.1, 0.15) is 29.2 Å². The Morgan fingerprint density at radius 3 is 2.58 bits per heavy atom. The lowest BCUT2D eigenvalue weighted by Gasteiger charge is -2.31. The quantitative estimate of drug-likeness (QED) is 0.729. The normalized spacial score (nSPS) is 11.7. The first-order valence-electron chi connectivity index (χ1n) is 7.90. The van der Waals surface area contributed by atoms with Crippen LogP contribution in [0.5, 0.6) is 0 Å². The monoisotopic (exact) mass is 391 g/mol. The van der Waals surface area contributed by atoms with Crippen molar-refractivity contribution in [1.82, 2.24) is 14.7 Å². The van der Waals surface area contributed by atoms with Crippen molar-refractivity contribution >= 4 is 45.0 Å². The first-order valence-corrected chi connectivity index (χ1v) is 9.09. The van der Waals surface area contributed by atoms with Crippen molar-refractivity contribution in [2.75, 3.05) is 7.05 Å². The highest BCUT2D eigenvalue weighted by Crippen LogP contribution is 2.33. The highest BCUT2D eigenvalue weighted by atomic mass is 35.5. The average molecular weight is 392 g/mol. The molecule has 1 amide bonds. The number of thiophene rings is 1. The molecule has 0 radical (unpaired) electrons. The van der Waals surface area contributed by atoms with Crippen molar-refractivity contribution < 1.29 is 14.7 Å². The number of aryl methyl sites for hydroxylation is 1. The van der Waals surface area contributed by atoms with E-state index in [4.69, 9.17) is 11.6 Å². The van der Waals surface area contributed by atoms with Crippen molar-refractivity contribution in [2.45, 2.75) is 26.3 Å². The van der Waals surface area contributed by atoms with E-state index < -0.39 is 11.5 Å². The zero-order chi connectivity index (χ0) is 19.2. The second kappa shape index (κ2) is 6.41. The summed E-state index contributed by atoms with van der Waals surface area (Å²) in [6.07, 6.45) is 0. The fraction of sp³-hybridized carbons (Fsp3) is 0.278. The van der Waals surface area contributed by atoms with Crippen LogP contribution in [-0.2, 0) is 4.79 Å². The summed E-state index contributed by atoms with van der Waals surface area (Å²) in [5.41, 5.74) is 0.194. The zero-order valence-electron chi connectivity index (χ0n) is 14.8. The number of fused-ring (bicyclic) bond motifs is 1. The summed E-state index contributed by atoms with van der Waals surface area (Å²) in [6, 6.07) is 9.10. The number of carboxylic acid groups (broad SMARTS) is 1. The number of likely N-dealkylation sites (N-methyl/N-ethyl adjacent to an activating group) is 1. The van der Waals surface area contributed by atoms with Gasteiger partial charge in [0.1, 0.15) is 10.4 Å². The third kappa shape index (κ3) is 2.87. The lowest BCUT2D eigenvalue weighted by molar-refractivity contribution is -0.147. The van der Waals surface area contributed by atoms with Crippen LogP contribution in [0, 0.1) is 6.92 Å². The van der Waals surface area contributed by atoms with Crippen LogP contribution < -0.4 is 0 Å². The number of aromatic nitrogens is 2. The van der Waals surface area contributed by atoms with Crippen LogP contribution in [0.2, 0.25) is 5.02 Å². The molecule has 2 heterocycles. The van der Waals surface area contributed by atoms with Gasteiger partial charge in [0, 0.05) is 12.4 Å². The Labute approximate surface area is 159 Å². The van der Waals surface area contributed by atoms with Gasteiger partial charge < -0.3 is 10.0 Å². The smallest absolute Gasteiger partial charge is 0.329 e. The van der Waals surface area contributed by atoms with E-state index in [9.17, 15) is 14.7 Å². The third-order valence-corrected chi connectivity index (χ3v) is 5.92. The minimum Gasteiger partial charge on any atom is -0.480 e. The lowest BCUT2D eigenvalue weighted by atomic mass is 10.0. The number of hydrogen-bond acceptors (Lipinski definition) is 4. The molecule has 6 nitrogen and oxygen atoms in total. The van der Waals surface area contributed by atoms with Gasteiger partial charge in [-0.1, -0.05) is 23.7 Å². The van der Waals surface area contributed by atoms with Crippen LogP contribution in [0.25, 0.3) is 15.9 Å². The molecule has 0 aliphatic rings. The first kappa shape index (κ1) is 18.4. The highest BCUT2D eigenvalue weighted by Gasteiger charge is 2.36.